The fraction of sp³-hybridized carbons (Fsp3) is 0.0714. The number of nitrogens with one attached hydrogen (secondary N) is 1. The largest absolute Gasteiger partial charge is 0.321 e. The van der Waals surface area contributed by atoms with Crippen LogP contribution >= 0.6 is 45.8 Å². The molecule has 19 heavy (non-hydrogen) atoms. The summed E-state index contributed by atoms with van der Waals surface area (Å²) < 4.78 is 1.01. The molecule has 5 heteroatoms. The average molecular weight is 406 g/mol. The third-order valence-corrected chi connectivity index (χ3v) is 4.00. The van der Waals surface area contributed by atoms with Gasteiger partial charge in [0.1, 0.15) is 0 Å². The summed E-state index contributed by atoms with van der Waals surface area (Å²) in [5.74, 6) is -0.231. The third-order valence-electron chi connectivity index (χ3n) is 2.61. The Kier molecular flexibility index (Phi) is 4.71. The van der Waals surface area contributed by atoms with Crippen LogP contribution in [0.3, 0.4) is 0 Å². The molecule has 1 amide bonds. The second-order valence-electron chi connectivity index (χ2n) is 4.04. The molecule has 2 aromatic rings. The molecule has 2 rings (SSSR count). The van der Waals surface area contributed by atoms with E-state index in [4.69, 9.17) is 23.2 Å². The van der Waals surface area contributed by atoms with E-state index in [0.717, 1.165) is 9.13 Å². The number of halogens is 3. The summed E-state index contributed by atoms with van der Waals surface area (Å²) in [5.41, 5.74) is 2.03. The van der Waals surface area contributed by atoms with Crippen LogP contribution in [0.4, 0.5) is 5.69 Å². The van der Waals surface area contributed by atoms with Gasteiger partial charge in [-0.3, -0.25) is 4.79 Å². The molecule has 0 radical (unpaired) electrons. The van der Waals surface area contributed by atoms with Crippen molar-refractivity contribution in [2.45, 2.75) is 6.92 Å². The summed E-state index contributed by atoms with van der Waals surface area (Å²) in [6.07, 6.45) is 0. The van der Waals surface area contributed by atoms with Crippen LogP contribution in [0.5, 0.6) is 0 Å². The lowest BCUT2D eigenvalue weighted by atomic mass is 10.1. The molecule has 1 N–H and O–H groups in total. The van der Waals surface area contributed by atoms with Crippen molar-refractivity contribution in [3.8, 4) is 0 Å². The van der Waals surface area contributed by atoms with Gasteiger partial charge in [0.25, 0.3) is 5.91 Å². The Hall–Kier alpha value is -0.780. The Bertz CT molecular complexity index is 643. The van der Waals surface area contributed by atoms with Gasteiger partial charge < -0.3 is 5.32 Å². The highest BCUT2D eigenvalue weighted by molar-refractivity contribution is 14.1. The number of carbonyl (C=O) groups is 1. The highest BCUT2D eigenvalue weighted by atomic mass is 127. The van der Waals surface area contributed by atoms with Crippen LogP contribution in [0.25, 0.3) is 0 Å². The van der Waals surface area contributed by atoms with Crippen molar-refractivity contribution in [1.82, 2.24) is 0 Å². The Morgan fingerprint density at radius 2 is 1.84 bits per heavy atom. The summed E-state index contributed by atoms with van der Waals surface area (Å²) in [7, 11) is 0. The van der Waals surface area contributed by atoms with E-state index in [0.29, 0.717) is 21.3 Å². The van der Waals surface area contributed by atoms with Crippen LogP contribution in [-0.4, -0.2) is 5.91 Å². The van der Waals surface area contributed by atoms with Crippen molar-refractivity contribution < 1.29 is 4.79 Å². The zero-order valence-electron chi connectivity index (χ0n) is 10.0. The van der Waals surface area contributed by atoms with Gasteiger partial charge >= 0.3 is 0 Å². The molecule has 2 nitrogen and oxygen atoms in total. The molecule has 0 unspecified atom stereocenters. The molecule has 0 saturated carbocycles. The van der Waals surface area contributed by atoms with E-state index in [1.54, 1.807) is 24.3 Å². The van der Waals surface area contributed by atoms with Gasteiger partial charge in [-0.2, -0.15) is 0 Å². The number of rotatable bonds is 2. The highest BCUT2D eigenvalue weighted by Gasteiger charge is 2.10. The van der Waals surface area contributed by atoms with E-state index in [1.807, 2.05) is 19.1 Å². The highest BCUT2D eigenvalue weighted by Crippen LogP contribution is 2.25. The van der Waals surface area contributed by atoms with Crippen LogP contribution < -0.4 is 5.32 Å². The van der Waals surface area contributed by atoms with Crippen LogP contribution in [0.15, 0.2) is 36.4 Å². The quantitative estimate of drug-likeness (QED) is 0.687. The number of benzene rings is 2. The number of aryl methyl sites for hydroxylation is 1. The zero-order chi connectivity index (χ0) is 14.0. The summed E-state index contributed by atoms with van der Waals surface area (Å²) in [5, 5.41) is 3.85. The lowest BCUT2D eigenvalue weighted by Crippen LogP contribution is -2.12. The Morgan fingerprint density at radius 1 is 1.11 bits per heavy atom. The van der Waals surface area contributed by atoms with Gasteiger partial charge in [-0.15, -0.1) is 0 Å². The first-order valence-electron chi connectivity index (χ1n) is 5.50. The fourth-order valence-corrected chi connectivity index (χ4v) is 2.60. The van der Waals surface area contributed by atoms with Crippen molar-refractivity contribution in [2.24, 2.45) is 0 Å². The first kappa shape index (κ1) is 14.6. The minimum Gasteiger partial charge on any atom is -0.321 e. The maximum atomic E-state index is 12.1. The Morgan fingerprint density at radius 3 is 2.47 bits per heavy atom. The molecule has 0 aliphatic heterocycles. The van der Waals surface area contributed by atoms with Gasteiger partial charge in [0.15, 0.2) is 0 Å². The third kappa shape index (κ3) is 3.61. The molecular weight excluding hydrogens is 396 g/mol. The SMILES string of the molecule is Cc1ccc(C(=O)Nc2ccc(I)cc2Cl)cc1Cl. The van der Waals surface area contributed by atoms with Crippen molar-refractivity contribution in [1.29, 1.82) is 0 Å². The van der Waals surface area contributed by atoms with E-state index in [2.05, 4.69) is 27.9 Å². The number of anilines is 1. The molecule has 0 aliphatic rings. The van der Waals surface area contributed by atoms with E-state index in [9.17, 15) is 4.79 Å². The van der Waals surface area contributed by atoms with Crippen molar-refractivity contribution in [3.05, 3.63) is 61.1 Å². The van der Waals surface area contributed by atoms with Gasteiger partial charge in [0.05, 0.1) is 10.7 Å². The molecule has 0 saturated heterocycles. The smallest absolute Gasteiger partial charge is 0.255 e. The monoisotopic (exact) mass is 405 g/mol. The van der Waals surface area contributed by atoms with Gasteiger partial charge in [-0.05, 0) is 65.4 Å². The fourth-order valence-electron chi connectivity index (χ4n) is 1.52. The van der Waals surface area contributed by atoms with Crippen molar-refractivity contribution in [2.75, 3.05) is 5.32 Å². The molecule has 0 bridgehead atoms. The number of hydrogen-bond acceptors (Lipinski definition) is 1. The van der Waals surface area contributed by atoms with Gasteiger partial charge in [-0.25, -0.2) is 0 Å². The van der Waals surface area contributed by atoms with Crippen LogP contribution in [0, 0.1) is 10.5 Å². The predicted octanol–water partition coefficient (Wildman–Crippen LogP) is 5.16. The second-order valence-corrected chi connectivity index (χ2v) is 6.10. The van der Waals surface area contributed by atoms with E-state index in [-0.39, 0.29) is 5.91 Å². The average Bonchev–Trinajstić information content (AvgIpc) is 2.36. The standard InChI is InChI=1S/C14H10Cl2INO/c1-8-2-3-9(6-11(8)15)14(19)18-13-5-4-10(17)7-12(13)16/h2-7H,1H3,(H,18,19). The minimum absolute atomic E-state index is 0.231. The van der Waals surface area contributed by atoms with Gasteiger partial charge in [0.2, 0.25) is 0 Å². The summed E-state index contributed by atoms with van der Waals surface area (Å²) in [6.45, 7) is 1.89. The number of amides is 1. The van der Waals surface area contributed by atoms with Crippen LogP contribution in [0.2, 0.25) is 10.0 Å². The molecule has 0 aliphatic carbocycles. The molecule has 0 atom stereocenters. The molecule has 98 valence electrons. The topological polar surface area (TPSA) is 29.1 Å². The lowest BCUT2D eigenvalue weighted by molar-refractivity contribution is 0.102. The predicted molar refractivity (Wildman–Crippen MR) is 88.3 cm³/mol. The number of carbonyl (C=O) groups excluding carboxylic acids is 1. The number of hydrogen-bond donors (Lipinski definition) is 1. The summed E-state index contributed by atoms with van der Waals surface area (Å²) in [6, 6.07) is 10.6. The summed E-state index contributed by atoms with van der Waals surface area (Å²) >= 11 is 14.2. The maximum Gasteiger partial charge on any atom is 0.255 e. The molecule has 0 aromatic heterocycles. The van der Waals surface area contributed by atoms with Crippen molar-refractivity contribution >= 4 is 57.4 Å². The van der Waals surface area contributed by atoms with Crippen molar-refractivity contribution in [3.63, 3.8) is 0 Å². The minimum atomic E-state index is -0.231. The van der Waals surface area contributed by atoms with E-state index in [1.165, 1.54) is 0 Å². The molecule has 0 heterocycles. The van der Waals surface area contributed by atoms with Gasteiger partial charge in [0, 0.05) is 14.2 Å². The Balaban J connectivity index is 2.23. The molecule has 0 fully saturated rings. The first-order chi connectivity index (χ1) is 8.97. The van der Waals surface area contributed by atoms with E-state index >= 15 is 0 Å². The zero-order valence-corrected chi connectivity index (χ0v) is 13.7. The van der Waals surface area contributed by atoms with Crippen LogP contribution in [0.1, 0.15) is 15.9 Å². The molecule has 0 spiro atoms. The van der Waals surface area contributed by atoms with Crippen LogP contribution in [-0.2, 0) is 0 Å². The first-order valence-corrected chi connectivity index (χ1v) is 7.33. The molecular formula is C14H10Cl2INO. The Labute approximate surface area is 135 Å². The van der Waals surface area contributed by atoms with E-state index < -0.39 is 0 Å². The molecule has 2 aromatic carbocycles. The summed E-state index contributed by atoms with van der Waals surface area (Å²) in [4.78, 5) is 12.1. The maximum absolute atomic E-state index is 12.1. The van der Waals surface area contributed by atoms with Gasteiger partial charge in [-0.1, -0.05) is 29.3 Å². The lowest BCUT2D eigenvalue weighted by Gasteiger charge is -2.08. The normalized spacial score (nSPS) is 10.3. The second kappa shape index (κ2) is 6.11.